The van der Waals surface area contributed by atoms with Crippen molar-refractivity contribution in [2.75, 3.05) is 7.11 Å². The van der Waals surface area contributed by atoms with Gasteiger partial charge in [-0.15, -0.1) is 0 Å². The van der Waals surface area contributed by atoms with Gasteiger partial charge in [-0.3, -0.25) is 4.79 Å². The molecule has 0 radical (unpaired) electrons. The van der Waals surface area contributed by atoms with Crippen molar-refractivity contribution in [1.29, 1.82) is 0 Å². The number of carbonyl (C=O) groups excluding carboxylic acids is 1. The molecule has 2 aromatic carbocycles. The van der Waals surface area contributed by atoms with Crippen LogP contribution in [0.1, 0.15) is 12.8 Å². The summed E-state index contributed by atoms with van der Waals surface area (Å²) in [5.41, 5.74) is 0.852. The predicted molar refractivity (Wildman–Crippen MR) is 94.7 cm³/mol. The minimum atomic E-state index is -0.667. The molecule has 1 N–H and O–H groups in total. The Hall–Kier alpha value is -3.35. The van der Waals surface area contributed by atoms with Crippen LogP contribution in [0.15, 0.2) is 59.1 Å². The molecule has 0 aliphatic carbocycles. The van der Waals surface area contributed by atoms with Crippen LogP contribution in [-0.2, 0) is 11.3 Å². The lowest BCUT2D eigenvalue weighted by atomic mass is 10.2. The summed E-state index contributed by atoms with van der Waals surface area (Å²) in [5, 5.41) is 6.63. The molecule has 0 bridgehead atoms. The molecular weight excluding hydrogens is 334 g/mol. The van der Waals surface area contributed by atoms with E-state index in [0.29, 0.717) is 17.5 Å². The van der Waals surface area contributed by atoms with Gasteiger partial charge in [-0.05, 0) is 31.2 Å². The van der Waals surface area contributed by atoms with Crippen LogP contribution in [-0.4, -0.2) is 29.3 Å². The maximum atomic E-state index is 12.2. The first kappa shape index (κ1) is 17.5. The lowest BCUT2D eigenvalue weighted by Gasteiger charge is -2.14. The first-order valence-electron chi connectivity index (χ1n) is 8.12. The van der Waals surface area contributed by atoms with Crippen LogP contribution in [0.5, 0.6) is 11.5 Å². The number of ether oxygens (including phenoxy) is 2. The van der Waals surface area contributed by atoms with Crippen LogP contribution in [0.3, 0.4) is 0 Å². The Morgan fingerprint density at radius 2 is 1.81 bits per heavy atom. The Morgan fingerprint density at radius 1 is 1.12 bits per heavy atom. The Labute approximate surface area is 150 Å². The van der Waals surface area contributed by atoms with Crippen LogP contribution in [0, 0.1) is 0 Å². The van der Waals surface area contributed by atoms with Gasteiger partial charge in [-0.2, -0.15) is 4.98 Å². The van der Waals surface area contributed by atoms with Crippen molar-refractivity contribution in [3.63, 3.8) is 0 Å². The third-order valence-electron chi connectivity index (χ3n) is 3.66. The maximum absolute atomic E-state index is 12.2. The number of carbonyl (C=O) groups is 1. The van der Waals surface area contributed by atoms with Crippen molar-refractivity contribution in [1.82, 2.24) is 15.5 Å². The normalized spacial score (nSPS) is 11.6. The summed E-state index contributed by atoms with van der Waals surface area (Å²) in [6, 6.07) is 16.5. The van der Waals surface area contributed by atoms with Gasteiger partial charge in [0.2, 0.25) is 11.7 Å². The number of benzene rings is 2. The summed E-state index contributed by atoms with van der Waals surface area (Å²) in [6.07, 6.45) is -0.667. The predicted octanol–water partition coefficient (Wildman–Crippen LogP) is 2.83. The first-order chi connectivity index (χ1) is 12.7. The number of hydrogen-bond acceptors (Lipinski definition) is 6. The average Bonchev–Trinajstić information content (AvgIpc) is 3.16. The van der Waals surface area contributed by atoms with Gasteiger partial charge in [0.1, 0.15) is 11.5 Å². The lowest BCUT2D eigenvalue weighted by Crippen LogP contribution is -2.35. The van der Waals surface area contributed by atoms with Gasteiger partial charge < -0.3 is 19.3 Å². The van der Waals surface area contributed by atoms with Crippen LogP contribution in [0.25, 0.3) is 11.4 Å². The van der Waals surface area contributed by atoms with E-state index < -0.39 is 6.10 Å². The molecule has 26 heavy (non-hydrogen) atoms. The Kier molecular flexibility index (Phi) is 5.48. The highest BCUT2D eigenvalue weighted by Crippen LogP contribution is 2.18. The highest BCUT2D eigenvalue weighted by molar-refractivity contribution is 5.80. The fourth-order valence-corrected chi connectivity index (χ4v) is 2.25. The molecule has 3 rings (SSSR count). The SMILES string of the molecule is COc1ccc(O[C@H](C)C(=O)NCc2nc(-c3ccccc3)no2)cc1. The highest BCUT2D eigenvalue weighted by atomic mass is 16.5. The van der Waals surface area contributed by atoms with E-state index in [2.05, 4.69) is 15.5 Å². The fraction of sp³-hybridized carbons (Fsp3) is 0.211. The van der Waals surface area contributed by atoms with Crippen LogP contribution in [0.4, 0.5) is 0 Å². The summed E-state index contributed by atoms with van der Waals surface area (Å²) < 4.78 is 15.9. The number of aromatic nitrogens is 2. The van der Waals surface area contributed by atoms with Gasteiger partial charge in [-0.1, -0.05) is 35.5 Å². The summed E-state index contributed by atoms with van der Waals surface area (Å²) >= 11 is 0. The molecule has 7 nitrogen and oxygen atoms in total. The third kappa shape index (κ3) is 4.38. The van der Waals surface area contributed by atoms with Crippen molar-refractivity contribution in [2.24, 2.45) is 0 Å². The number of amides is 1. The van der Waals surface area contributed by atoms with Gasteiger partial charge in [0.15, 0.2) is 6.10 Å². The second-order valence-electron chi connectivity index (χ2n) is 5.53. The monoisotopic (exact) mass is 353 g/mol. The summed E-state index contributed by atoms with van der Waals surface area (Å²) in [4.78, 5) is 16.4. The van der Waals surface area contributed by atoms with Crippen molar-refractivity contribution >= 4 is 5.91 Å². The first-order valence-corrected chi connectivity index (χ1v) is 8.12. The highest BCUT2D eigenvalue weighted by Gasteiger charge is 2.16. The van der Waals surface area contributed by atoms with Crippen molar-refractivity contribution in [2.45, 2.75) is 19.6 Å². The molecule has 1 atom stereocenters. The third-order valence-corrected chi connectivity index (χ3v) is 3.66. The van der Waals surface area contributed by atoms with Crippen LogP contribution < -0.4 is 14.8 Å². The van der Waals surface area contributed by atoms with E-state index in [0.717, 1.165) is 11.3 Å². The standard InChI is InChI=1S/C19H19N3O4/c1-13(25-16-10-8-15(24-2)9-11-16)19(23)20-12-17-21-18(22-26-17)14-6-4-3-5-7-14/h3-11,13H,12H2,1-2H3,(H,20,23)/t13-/m1/s1. The van der Waals surface area contributed by atoms with E-state index in [1.807, 2.05) is 30.3 Å². The quantitative estimate of drug-likeness (QED) is 0.703. The molecule has 1 heterocycles. The second-order valence-corrected chi connectivity index (χ2v) is 5.53. The summed E-state index contributed by atoms with van der Waals surface area (Å²) in [7, 11) is 1.59. The molecule has 1 amide bonds. The Balaban J connectivity index is 1.52. The van der Waals surface area contributed by atoms with Gasteiger partial charge in [0, 0.05) is 5.56 Å². The molecule has 0 unspecified atom stereocenters. The van der Waals surface area contributed by atoms with Gasteiger partial charge in [0.25, 0.3) is 5.91 Å². The van der Waals surface area contributed by atoms with Gasteiger partial charge in [0.05, 0.1) is 13.7 Å². The van der Waals surface area contributed by atoms with Crippen molar-refractivity contribution < 1.29 is 18.8 Å². The molecule has 7 heteroatoms. The van der Waals surface area contributed by atoms with E-state index in [4.69, 9.17) is 14.0 Å². The molecule has 0 fully saturated rings. The molecule has 0 saturated carbocycles. The Bertz CT molecular complexity index is 847. The summed E-state index contributed by atoms with van der Waals surface area (Å²) in [5.74, 6) is 1.84. The number of nitrogens with one attached hydrogen (secondary N) is 1. The van der Waals surface area contributed by atoms with E-state index in [-0.39, 0.29) is 12.5 Å². The van der Waals surface area contributed by atoms with Crippen molar-refractivity contribution in [3.05, 3.63) is 60.5 Å². The molecule has 0 aliphatic heterocycles. The zero-order chi connectivity index (χ0) is 18.4. The van der Waals surface area contributed by atoms with E-state index in [1.54, 1.807) is 38.3 Å². The van der Waals surface area contributed by atoms with E-state index in [9.17, 15) is 4.79 Å². The minimum Gasteiger partial charge on any atom is -0.497 e. The molecule has 0 saturated heterocycles. The minimum absolute atomic E-state index is 0.134. The fourth-order valence-electron chi connectivity index (χ4n) is 2.25. The maximum Gasteiger partial charge on any atom is 0.261 e. The zero-order valence-electron chi connectivity index (χ0n) is 14.5. The average molecular weight is 353 g/mol. The molecular formula is C19H19N3O4. The van der Waals surface area contributed by atoms with Crippen LogP contribution in [0.2, 0.25) is 0 Å². The molecule has 1 aromatic heterocycles. The Morgan fingerprint density at radius 3 is 2.50 bits per heavy atom. The molecule has 0 aliphatic rings. The molecule has 3 aromatic rings. The van der Waals surface area contributed by atoms with Crippen LogP contribution >= 0.6 is 0 Å². The van der Waals surface area contributed by atoms with E-state index >= 15 is 0 Å². The lowest BCUT2D eigenvalue weighted by molar-refractivity contribution is -0.127. The largest absolute Gasteiger partial charge is 0.497 e. The van der Waals surface area contributed by atoms with Gasteiger partial charge in [-0.25, -0.2) is 0 Å². The van der Waals surface area contributed by atoms with Crippen molar-refractivity contribution in [3.8, 4) is 22.9 Å². The number of methoxy groups -OCH3 is 1. The number of rotatable bonds is 7. The van der Waals surface area contributed by atoms with Gasteiger partial charge >= 0.3 is 0 Å². The summed E-state index contributed by atoms with van der Waals surface area (Å²) in [6.45, 7) is 1.80. The molecule has 0 spiro atoms. The zero-order valence-corrected chi connectivity index (χ0v) is 14.5. The van der Waals surface area contributed by atoms with E-state index in [1.165, 1.54) is 0 Å². The smallest absolute Gasteiger partial charge is 0.261 e. The number of nitrogens with zero attached hydrogens (tertiary/aromatic N) is 2. The molecule has 134 valence electrons. The number of hydrogen-bond donors (Lipinski definition) is 1. The topological polar surface area (TPSA) is 86.5 Å². The second kappa shape index (κ2) is 8.15.